The lowest BCUT2D eigenvalue weighted by molar-refractivity contribution is -0.116. The lowest BCUT2D eigenvalue weighted by Gasteiger charge is -2.19. The Bertz CT molecular complexity index is 1000. The molecule has 0 unspecified atom stereocenters. The third-order valence-electron chi connectivity index (χ3n) is 5.40. The molecule has 0 spiro atoms. The molecule has 0 saturated heterocycles. The van der Waals surface area contributed by atoms with Crippen LogP contribution in [0.1, 0.15) is 74.6 Å². The minimum Gasteiger partial charge on any atom is -0.453 e. The molecule has 1 fully saturated rings. The van der Waals surface area contributed by atoms with Crippen molar-refractivity contribution < 1.29 is 27.1 Å². The normalized spacial score (nSPS) is 15.9. The molecular formula is C22H27FO5S. The molecule has 0 bridgehead atoms. The zero-order valence-corrected chi connectivity index (χ0v) is 18.0. The summed E-state index contributed by atoms with van der Waals surface area (Å²) in [7, 11) is -3.97. The van der Waals surface area contributed by atoms with E-state index >= 15 is 0 Å². The predicted octanol–water partition coefficient (Wildman–Crippen LogP) is 4.23. The second-order valence-electron chi connectivity index (χ2n) is 8.53. The van der Waals surface area contributed by atoms with E-state index in [0.29, 0.717) is 24.0 Å². The Balaban J connectivity index is 1.84. The van der Waals surface area contributed by atoms with Gasteiger partial charge in [-0.05, 0) is 53.5 Å². The van der Waals surface area contributed by atoms with Crippen LogP contribution in [-0.4, -0.2) is 25.1 Å². The molecule has 29 heavy (non-hydrogen) atoms. The van der Waals surface area contributed by atoms with Crippen molar-refractivity contribution in [1.82, 2.24) is 0 Å². The second-order valence-corrected chi connectivity index (χ2v) is 10.5. The van der Waals surface area contributed by atoms with Gasteiger partial charge in [-0.1, -0.05) is 27.7 Å². The molecule has 1 aliphatic rings. The molecule has 0 amide bonds. The average Bonchev–Trinajstić information content (AvgIpc) is 3.15. The summed E-state index contributed by atoms with van der Waals surface area (Å²) in [6, 6.07) is 4.14. The summed E-state index contributed by atoms with van der Waals surface area (Å²) in [6.07, 6.45) is 2.27. The van der Waals surface area contributed by atoms with E-state index in [1.54, 1.807) is 0 Å². The molecule has 2 aromatic rings. The Kier molecular flexibility index (Phi) is 5.75. The maximum Gasteiger partial charge on any atom is 0.218 e. The fraction of sp³-hybridized carbons (Fsp3) is 0.500. The van der Waals surface area contributed by atoms with E-state index in [0.717, 1.165) is 11.1 Å². The van der Waals surface area contributed by atoms with Crippen LogP contribution in [0.4, 0.5) is 4.39 Å². The molecule has 7 heteroatoms. The highest BCUT2D eigenvalue weighted by Gasteiger charge is 2.44. The molecule has 3 rings (SSSR count). The number of sulfone groups is 1. The number of rotatable bonds is 8. The average molecular weight is 423 g/mol. The summed E-state index contributed by atoms with van der Waals surface area (Å²) in [5.74, 6) is -1.56. The van der Waals surface area contributed by atoms with Crippen LogP contribution in [-0.2, 0) is 26.7 Å². The van der Waals surface area contributed by atoms with E-state index in [9.17, 15) is 22.7 Å². The molecule has 1 N–H and O–H groups in total. The topological polar surface area (TPSA) is 84.6 Å². The molecule has 1 aromatic heterocycles. The first-order chi connectivity index (χ1) is 13.4. The highest BCUT2D eigenvalue weighted by Crippen LogP contribution is 2.46. The van der Waals surface area contributed by atoms with E-state index in [-0.39, 0.29) is 29.2 Å². The fourth-order valence-electron chi connectivity index (χ4n) is 3.58. The van der Waals surface area contributed by atoms with Crippen LogP contribution in [0.25, 0.3) is 0 Å². The maximum absolute atomic E-state index is 14.0. The Morgan fingerprint density at radius 3 is 2.17 bits per heavy atom. The number of aliphatic hydroxyl groups is 1. The molecular weight excluding hydrogens is 395 g/mol. The first-order valence-corrected chi connectivity index (χ1v) is 11.5. The van der Waals surface area contributed by atoms with Gasteiger partial charge in [0.2, 0.25) is 14.9 Å². The van der Waals surface area contributed by atoms with Crippen molar-refractivity contribution in [2.45, 2.75) is 69.5 Å². The number of ketones is 1. The van der Waals surface area contributed by atoms with Gasteiger partial charge in [0.25, 0.3) is 0 Å². The van der Waals surface area contributed by atoms with E-state index in [2.05, 4.69) is 0 Å². The van der Waals surface area contributed by atoms with Gasteiger partial charge < -0.3 is 9.52 Å². The third-order valence-corrected chi connectivity index (χ3v) is 6.92. The molecule has 1 heterocycles. The van der Waals surface area contributed by atoms with Gasteiger partial charge in [-0.15, -0.1) is 0 Å². The second kappa shape index (κ2) is 7.69. The van der Waals surface area contributed by atoms with Crippen molar-refractivity contribution in [3.8, 4) is 0 Å². The SMILES string of the molecule is CC(C)c1cc(F)cc(C(C)C)c1CC(=O)CS(=O)(=O)c1cc(C2(O)CC2)co1. The smallest absolute Gasteiger partial charge is 0.218 e. The largest absolute Gasteiger partial charge is 0.453 e. The maximum atomic E-state index is 14.0. The highest BCUT2D eigenvalue weighted by molar-refractivity contribution is 7.92. The first kappa shape index (κ1) is 21.7. The summed E-state index contributed by atoms with van der Waals surface area (Å²) >= 11 is 0. The van der Waals surface area contributed by atoms with Gasteiger partial charge in [0.15, 0.2) is 5.78 Å². The minimum atomic E-state index is -3.97. The Hall–Kier alpha value is -1.99. The quantitative estimate of drug-likeness (QED) is 0.688. The third kappa shape index (κ3) is 4.61. The summed E-state index contributed by atoms with van der Waals surface area (Å²) in [5.41, 5.74) is 1.55. The van der Waals surface area contributed by atoms with Crippen molar-refractivity contribution in [2.75, 3.05) is 5.75 Å². The lowest BCUT2D eigenvalue weighted by Crippen LogP contribution is -2.20. The zero-order chi connectivity index (χ0) is 21.6. The van der Waals surface area contributed by atoms with E-state index in [1.165, 1.54) is 24.5 Å². The van der Waals surface area contributed by atoms with Crippen molar-refractivity contribution in [2.24, 2.45) is 0 Å². The van der Waals surface area contributed by atoms with Gasteiger partial charge >= 0.3 is 0 Å². The highest BCUT2D eigenvalue weighted by atomic mass is 32.2. The number of hydrogen-bond donors (Lipinski definition) is 1. The number of Topliss-reactive ketones (excluding diaryl/α,β-unsaturated/α-hetero) is 1. The van der Waals surface area contributed by atoms with Gasteiger partial charge in [0, 0.05) is 18.1 Å². The molecule has 1 aromatic carbocycles. The van der Waals surface area contributed by atoms with E-state index in [4.69, 9.17) is 4.42 Å². The van der Waals surface area contributed by atoms with E-state index in [1.807, 2.05) is 27.7 Å². The Labute approximate surface area is 170 Å². The van der Waals surface area contributed by atoms with Gasteiger partial charge in [-0.2, -0.15) is 0 Å². The standard InChI is InChI=1S/C22H27FO5S/c1-13(2)18-8-16(23)9-19(14(3)4)20(18)10-17(24)12-29(26,27)21-7-15(11-28-21)22(25)5-6-22/h7-9,11,13-14,25H,5-6,10,12H2,1-4H3. The van der Waals surface area contributed by atoms with Gasteiger partial charge in [-0.3, -0.25) is 4.79 Å². The molecule has 1 aliphatic carbocycles. The number of furan rings is 1. The number of carbonyl (C=O) groups is 1. The summed E-state index contributed by atoms with van der Waals surface area (Å²) in [6.45, 7) is 7.65. The Morgan fingerprint density at radius 1 is 1.14 bits per heavy atom. The number of halogens is 1. The van der Waals surface area contributed by atoms with Crippen molar-refractivity contribution in [3.05, 3.63) is 52.5 Å². The van der Waals surface area contributed by atoms with Crippen LogP contribution in [0, 0.1) is 5.82 Å². The molecule has 1 saturated carbocycles. The number of hydrogen-bond acceptors (Lipinski definition) is 5. The van der Waals surface area contributed by atoms with Gasteiger partial charge in [-0.25, -0.2) is 12.8 Å². The Morgan fingerprint density at radius 2 is 1.69 bits per heavy atom. The van der Waals surface area contributed by atoms with E-state index < -0.39 is 27.0 Å². The van der Waals surface area contributed by atoms with Gasteiger partial charge in [0.05, 0.1) is 11.9 Å². The van der Waals surface area contributed by atoms with Gasteiger partial charge in [0.1, 0.15) is 11.6 Å². The summed E-state index contributed by atoms with van der Waals surface area (Å²) < 4.78 is 44.4. The number of benzene rings is 1. The molecule has 5 nitrogen and oxygen atoms in total. The van der Waals surface area contributed by atoms with Crippen LogP contribution in [0.5, 0.6) is 0 Å². The molecule has 0 atom stereocenters. The van der Waals surface area contributed by atoms with Crippen molar-refractivity contribution in [1.29, 1.82) is 0 Å². The zero-order valence-electron chi connectivity index (χ0n) is 17.2. The van der Waals surface area contributed by atoms with Crippen molar-refractivity contribution >= 4 is 15.6 Å². The minimum absolute atomic E-state index is 0.00507. The van der Waals surface area contributed by atoms with Crippen LogP contribution in [0.3, 0.4) is 0 Å². The van der Waals surface area contributed by atoms with Crippen LogP contribution < -0.4 is 0 Å². The summed E-state index contributed by atoms with van der Waals surface area (Å²) in [5, 5.41) is 9.78. The molecule has 158 valence electrons. The predicted molar refractivity (Wildman–Crippen MR) is 107 cm³/mol. The lowest BCUT2D eigenvalue weighted by atomic mass is 9.86. The van der Waals surface area contributed by atoms with Crippen LogP contribution in [0.15, 0.2) is 34.0 Å². The molecule has 0 radical (unpaired) electrons. The molecule has 0 aliphatic heterocycles. The summed E-state index contributed by atoms with van der Waals surface area (Å²) in [4.78, 5) is 12.7. The monoisotopic (exact) mass is 422 g/mol. The van der Waals surface area contributed by atoms with Crippen molar-refractivity contribution in [3.63, 3.8) is 0 Å². The number of carbonyl (C=O) groups excluding carboxylic acids is 1. The van der Waals surface area contributed by atoms with Crippen LogP contribution >= 0.6 is 0 Å². The fourth-order valence-corrected chi connectivity index (χ4v) is 4.75. The van der Waals surface area contributed by atoms with Crippen LogP contribution in [0.2, 0.25) is 0 Å². The first-order valence-electron chi connectivity index (χ1n) is 9.81.